The third-order valence-electron chi connectivity index (χ3n) is 4.70. The Morgan fingerprint density at radius 1 is 1.22 bits per heavy atom. The number of piperazine rings is 1. The van der Waals surface area contributed by atoms with E-state index in [0.29, 0.717) is 45.2 Å². The average Bonchev–Trinajstić information content (AvgIpc) is 3.03. The Hall–Kier alpha value is -1.77. The fraction of sp³-hybridized carbons (Fsp3) is 0.778. The molecule has 1 N–H and O–H groups in total. The first-order chi connectivity index (χ1) is 12.7. The van der Waals surface area contributed by atoms with Gasteiger partial charge in [-0.25, -0.2) is 9.98 Å². The molecule has 1 aliphatic rings. The third-order valence-corrected chi connectivity index (χ3v) is 4.70. The van der Waals surface area contributed by atoms with Gasteiger partial charge in [-0.05, 0) is 19.8 Å². The van der Waals surface area contributed by atoms with E-state index in [1.807, 2.05) is 18.0 Å². The minimum absolute atomic E-state index is 0.368. The second-order valence-electron chi connectivity index (χ2n) is 7.30. The molecule has 0 aromatic carbocycles. The van der Waals surface area contributed by atoms with E-state index < -0.39 is 12.2 Å². The minimum Gasteiger partial charge on any atom is -0.357 e. The number of nitrogens with zero attached hydrogens (tertiary/aromatic N) is 5. The molecule has 0 bridgehead atoms. The number of aliphatic imine (C=N–C) groups is 1. The third kappa shape index (κ3) is 6.12. The molecule has 27 heavy (non-hydrogen) atoms. The van der Waals surface area contributed by atoms with Gasteiger partial charge in [-0.15, -0.1) is 0 Å². The van der Waals surface area contributed by atoms with Crippen molar-refractivity contribution in [2.24, 2.45) is 10.9 Å². The van der Waals surface area contributed by atoms with Gasteiger partial charge in [-0.1, -0.05) is 13.8 Å². The van der Waals surface area contributed by atoms with E-state index in [4.69, 9.17) is 0 Å². The van der Waals surface area contributed by atoms with Crippen molar-refractivity contribution in [1.82, 2.24) is 24.7 Å². The van der Waals surface area contributed by atoms with Gasteiger partial charge < -0.3 is 14.8 Å². The van der Waals surface area contributed by atoms with Crippen LogP contribution in [0.4, 0.5) is 13.2 Å². The number of imidazole rings is 1. The highest BCUT2D eigenvalue weighted by Crippen LogP contribution is 2.25. The lowest BCUT2D eigenvalue weighted by Gasteiger charge is -2.39. The summed E-state index contributed by atoms with van der Waals surface area (Å²) in [5.41, 5.74) is 0. The molecular weight excluding hydrogens is 357 g/mol. The molecule has 1 saturated heterocycles. The summed E-state index contributed by atoms with van der Waals surface area (Å²) in [6, 6.07) is -1.41. The summed E-state index contributed by atoms with van der Waals surface area (Å²) in [7, 11) is 0. The van der Waals surface area contributed by atoms with Crippen molar-refractivity contribution in [3.63, 3.8) is 0 Å². The van der Waals surface area contributed by atoms with Crippen LogP contribution >= 0.6 is 0 Å². The zero-order valence-electron chi connectivity index (χ0n) is 16.6. The van der Waals surface area contributed by atoms with Crippen molar-refractivity contribution in [2.75, 3.05) is 32.7 Å². The molecule has 0 amide bonds. The summed E-state index contributed by atoms with van der Waals surface area (Å²) in [4.78, 5) is 12.6. The average molecular weight is 388 g/mol. The Morgan fingerprint density at radius 2 is 1.89 bits per heavy atom. The maximum absolute atomic E-state index is 12.9. The highest BCUT2D eigenvalue weighted by molar-refractivity contribution is 5.80. The molecule has 9 heteroatoms. The molecule has 1 atom stereocenters. The molecular formula is C18H31F3N6. The largest absolute Gasteiger partial charge is 0.403 e. The Kier molecular flexibility index (Phi) is 7.52. The number of nitrogens with one attached hydrogen (secondary N) is 1. The lowest BCUT2D eigenvalue weighted by atomic mass is 10.2. The monoisotopic (exact) mass is 388 g/mol. The summed E-state index contributed by atoms with van der Waals surface area (Å²) in [6.07, 6.45) is -0.458. The van der Waals surface area contributed by atoms with E-state index >= 15 is 0 Å². The first-order valence-electron chi connectivity index (χ1n) is 9.56. The molecule has 1 aromatic heterocycles. The first kappa shape index (κ1) is 21.5. The molecule has 0 aliphatic carbocycles. The van der Waals surface area contributed by atoms with Crippen LogP contribution in [0, 0.1) is 5.92 Å². The van der Waals surface area contributed by atoms with Crippen molar-refractivity contribution in [2.45, 2.75) is 53.0 Å². The van der Waals surface area contributed by atoms with Gasteiger partial charge in [0.15, 0.2) is 5.96 Å². The van der Waals surface area contributed by atoms with Crippen LogP contribution < -0.4 is 5.32 Å². The number of guanidine groups is 1. The van der Waals surface area contributed by atoms with Gasteiger partial charge in [0.05, 0.1) is 0 Å². The molecule has 1 fully saturated rings. The van der Waals surface area contributed by atoms with Crippen LogP contribution in [0.25, 0.3) is 0 Å². The molecule has 0 saturated carbocycles. The van der Waals surface area contributed by atoms with Crippen molar-refractivity contribution in [3.05, 3.63) is 18.2 Å². The number of alkyl halides is 3. The lowest BCUT2D eigenvalue weighted by Crippen LogP contribution is -2.56. The van der Waals surface area contributed by atoms with Crippen LogP contribution in [0.5, 0.6) is 0 Å². The molecule has 2 rings (SSSR count). The summed E-state index contributed by atoms with van der Waals surface area (Å²) < 4.78 is 40.8. The summed E-state index contributed by atoms with van der Waals surface area (Å²) in [6.45, 7) is 11.3. The van der Waals surface area contributed by atoms with Gasteiger partial charge in [0.1, 0.15) is 18.4 Å². The highest BCUT2D eigenvalue weighted by Gasteiger charge is 2.41. The zero-order valence-corrected chi connectivity index (χ0v) is 16.6. The summed E-state index contributed by atoms with van der Waals surface area (Å²) in [5, 5.41) is 3.25. The van der Waals surface area contributed by atoms with Crippen molar-refractivity contribution >= 4 is 5.96 Å². The second kappa shape index (κ2) is 9.43. The van der Waals surface area contributed by atoms with Crippen molar-refractivity contribution < 1.29 is 13.2 Å². The predicted octanol–water partition coefficient (Wildman–Crippen LogP) is 2.57. The standard InChI is InChI=1S/C18H31F3N6/c1-5-22-17(24-12-16-23-6-7-27(16)13-14(2)3)26-10-8-25(9-11-26)15(4)18(19,20)21/h6-7,14-15H,5,8-13H2,1-4H3,(H,22,24). The fourth-order valence-electron chi connectivity index (χ4n) is 3.15. The van der Waals surface area contributed by atoms with E-state index in [1.54, 1.807) is 6.20 Å². The minimum atomic E-state index is -4.19. The van der Waals surface area contributed by atoms with Crippen LogP contribution in [0.2, 0.25) is 0 Å². The Balaban J connectivity index is 2.00. The first-order valence-corrected chi connectivity index (χ1v) is 9.56. The molecule has 1 aliphatic heterocycles. The maximum atomic E-state index is 12.9. The van der Waals surface area contributed by atoms with Gasteiger partial charge in [0.25, 0.3) is 0 Å². The van der Waals surface area contributed by atoms with Gasteiger partial charge in [0.2, 0.25) is 0 Å². The quantitative estimate of drug-likeness (QED) is 0.601. The molecule has 154 valence electrons. The van der Waals surface area contributed by atoms with Crippen LogP contribution in [0.3, 0.4) is 0 Å². The Labute approximate surface area is 159 Å². The van der Waals surface area contributed by atoms with E-state index in [-0.39, 0.29) is 0 Å². The second-order valence-corrected chi connectivity index (χ2v) is 7.30. The maximum Gasteiger partial charge on any atom is 0.403 e. The molecule has 0 radical (unpaired) electrons. The summed E-state index contributed by atoms with van der Waals surface area (Å²) in [5.74, 6) is 2.14. The van der Waals surface area contributed by atoms with E-state index in [0.717, 1.165) is 18.3 Å². The number of halogens is 3. The number of aromatic nitrogens is 2. The lowest BCUT2D eigenvalue weighted by molar-refractivity contribution is -0.181. The van der Waals surface area contributed by atoms with Crippen molar-refractivity contribution in [1.29, 1.82) is 0 Å². The van der Waals surface area contributed by atoms with Gasteiger partial charge in [0, 0.05) is 51.7 Å². The normalized spacial score (nSPS) is 18.2. The fourth-order valence-corrected chi connectivity index (χ4v) is 3.15. The highest BCUT2D eigenvalue weighted by atomic mass is 19.4. The van der Waals surface area contributed by atoms with Crippen LogP contribution in [0.1, 0.15) is 33.5 Å². The van der Waals surface area contributed by atoms with Gasteiger partial charge in [-0.3, -0.25) is 4.90 Å². The topological polar surface area (TPSA) is 48.7 Å². The van der Waals surface area contributed by atoms with Crippen LogP contribution in [0.15, 0.2) is 17.4 Å². The predicted molar refractivity (Wildman–Crippen MR) is 101 cm³/mol. The van der Waals surface area contributed by atoms with Gasteiger partial charge >= 0.3 is 6.18 Å². The molecule has 6 nitrogen and oxygen atoms in total. The number of hydrogen-bond donors (Lipinski definition) is 1. The Bertz CT molecular complexity index is 602. The van der Waals surface area contributed by atoms with Gasteiger partial charge in [-0.2, -0.15) is 13.2 Å². The molecule has 0 spiro atoms. The van der Waals surface area contributed by atoms with Crippen LogP contribution in [-0.4, -0.2) is 70.3 Å². The Morgan fingerprint density at radius 3 is 2.44 bits per heavy atom. The molecule has 1 unspecified atom stereocenters. The molecule has 1 aromatic rings. The van der Waals surface area contributed by atoms with Crippen LogP contribution in [-0.2, 0) is 13.1 Å². The zero-order chi connectivity index (χ0) is 20.0. The number of hydrogen-bond acceptors (Lipinski definition) is 3. The SMILES string of the molecule is CCNC(=NCc1nccn1CC(C)C)N1CCN(C(C)C(F)(F)F)CC1. The van der Waals surface area contributed by atoms with E-state index in [2.05, 4.69) is 33.7 Å². The van der Waals surface area contributed by atoms with E-state index in [9.17, 15) is 13.2 Å². The number of rotatable bonds is 6. The smallest absolute Gasteiger partial charge is 0.357 e. The van der Waals surface area contributed by atoms with E-state index in [1.165, 1.54) is 11.8 Å². The van der Waals surface area contributed by atoms with Crippen molar-refractivity contribution in [3.8, 4) is 0 Å². The molecule has 2 heterocycles. The summed E-state index contributed by atoms with van der Waals surface area (Å²) >= 11 is 0.